The predicted molar refractivity (Wildman–Crippen MR) is 85.2 cm³/mol. The second kappa shape index (κ2) is 6.23. The number of alkyl halides is 1. The topological polar surface area (TPSA) is 55.3 Å². The molecule has 100 valence electrons. The second-order valence-electron chi connectivity index (χ2n) is 3.80. The van der Waals surface area contributed by atoms with E-state index < -0.39 is 0 Å². The summed E-state index contributed by atoms with van der Waals surface area (Å²) < 4.78 is 1.95. The van der Waals surface area contributed by atoms with Crippen molar-refractivity contribution in [3.05, 3.63) is 35.0 Å². The van der Waals surface area contributed by atoms with Crippen LogP contribution in [0.25, 0.3) is 10.9 Å². The molecular weight excluding hydrogens is 303 g/mol. The van der Waals surface area contributed by atoms with E-state index in [-0.39, 0.29) is 5.11 Å². The highest BCUT2D eigenvalue weighted by Crippen LogP contribution is 2.28. The van der Waals surface area contributed by atoms with Gasteiger partial charge >= 0.3 is 0 Å². The van der Waals surface area contributed by atoms with Crippen LogP contribution in [0, 0.1) is 0 Å². The largest absolute Gasteiger partial charge is 0.375 e. The van der Waals surface area contributed by atoms with Crippen molar-refractivity contribution in [2.24, 2.45) is 10.8 Å². The number of hydrogen-bond acceptors (Lipinski definition) is 2. The van der Waals surface area contributed by atoms with E-state index >= 15 is 0 Å². The highest BCUT2D eigenvalue weighted by atomic mass is 35.5. The Kier molecular flexibility index (Phi) is 4.63. The van der Waals surface area contributed by atoms with E-state index in [0.29, 0.717) is 17.6 Å². The third-order valence-electron chi connectivity index (χ3n) is 2.62. The molecule has 0 radical (unpaired) electrons. The van der Waals surface area contributed by atoms with Crippen LogP contribution in [0.3, 0.4) is 0 Å². The molecule has 0 fully saturated rings. The van der Waals surface area contributed by atoms with Gasteiger partial charge in [-0.05, 0) is 18.3 Å². The summed E-state index contributed by atoms with van der Waals surface area (Å²) in [4.78, 5) is 0. The first kappa shape index (κ1) is 14.1. The van der Waals surface area contributed by atoms with Gasteiger partial charge < -0.3 is 10.3 Å². The Bertz CT molecular complexity index is 636. The van der Waals surface area contributed by atoms with Crippen molar-refractivity contribution in [3.8, 4) is 0 Å². The number of nitrogens with two attached hydrogens (primary N) is 1. The molecule has 0 atom stereocenters. The average molecular weight is 315 g/mol. The summed E-state index contributed by atoms with van der Waals surface area (Å²) in [5.74, 6) is 0.486. The lowest BCUT2D eigenvalue weighted by atomic mass is 10.2. The molecule has 1 aromatic carbocycles. The molecule has 0 saturated carbocycles. The van der Waals surface area contributed by atoms with Crippen molar-refractivity contribution in [1.29, 1.82) is 0 Å². The lowest BCUT2D eigenvalue weighted by Crippen LogP contribution is -2.24. The molecule has 1 aromatic heterocycles. The molecular formula is C12H12Cl2N4S. The van der Waals surface area contributed by atoms with E-state index in [2.05, 4.69) is 22.7 Å². The minimum absolute atomic E-state index is 0.108. The number of aryl methyl sites for hydroxylation is 1. The molecule has 0 aliphatic heterocycles. The summed E-state index contributed by atoms with van der Waals surface area (Å²) in [7, 11) is 0. The summed E-state index contributed by atoms with van der Waals surface area (Å²) in [6.45, 7) is 0.636. The minimum Gasteiger partial charge on any atom is -0.375 e. The highest BCUT2D eigenvalue weighted by molar-refractivity contribution is 7.80. The molecule has 0 aliphatic rings. The van der Waals surface area contributed by atoms with Crippen molar-refractivity contribution in [2.45, 2.75) is 6.54 Å². The normalized spacial score (nSPS) is 11.3. The van der Waals surface area contributed by atoms with E-state index in [4.69, 9.17) is 28.9 Å². The van der Waals surface area contributed by atoms with Gasteiger partial charge in [0.15, 0.2) is 5.11 Å². The molecule has 19 heavy (non-hydrogen) atoms. The average Bonchev–Trinajstić information content (AvgIpc) is 2.65. The number of hydrogen-bond donors (Lipinski definition) is 2. The first-order valence-corrected chi connectivity index (χ1v) is 6.88. The van der Waals surface area contributed by atoms with Crippen LogP contribution in [0.1, 0.15) is 5.56 Å². The first-order valence-electron chi connectivity index (χ1n) is 5.56. The van der Waals surface area contributed by atoms with Gasteiger partial charge in [0, 0.05) is 28.9 Å². The van der Waals surface area contributed by atoms with E-state index in [1.165, 1.54) is 0 Å². The van der Waals surface area contributed by atoms with Crippen molar-refractivity contribution in [1.82, 2.24) is 9.99 Å². The van der Waals surface area contributed by atoms with Gasteiger partial charge in [-0.1, -0.05) is 29.8 Å². The van der Waals surface area contributed by atoms with Crippen LogP contribution in [-0.2, 0) is 6.54 Å². The Morgan fingerprint density at radius 2 is 2.21 bits per heavy atom. The molecule has 1 heterocycles. The zero-order valence-electron chi connectivity index (χ0n) is 9.94. The number of benzene rings is 1. The summed E-state index contributed by atoms with van der Waals surface area (Å²) in [6.07, 6.45) is 1.61. The van der Waals surface area contributed by atoms with Crippen molar-refractivity contribution >= 4 is 57.6 Å². The number of halogens is 2. The van der Waals surface area contributed by atoms with Crippen LogP contribution in [0.5, 0.6) is 0 Å². The van der Waals surface area contributed by atoms with Gasteiger partial charge in [0.25, 0.3) is 0 Å². The fraction of sp³-hybridized carbons (Fsp3) is 0.167. The Hall–Kier alpha value is -1.30. The number of rotatable bonds is 4. The maximum atomic E-state index is 6.37. The van der Waals surface area contributed by atoms with Gasteiger partial charge in [0.2, 0.25) is 0 Å². The predicted octanol–water partition coefficient (Wildman–Crippen LogP) is 2.70. The summed E-state index contributed by atoms with van der Waals surface area (Å²) in [6, 6.07) is 7.87. The second-order valence-corrected chi connectivity index (χ2v) is 4.97. The molecule has 0 spiro atoms. The fourth-order valence-corrected chi connectivity index (χ4v) is 2.43. The minimum atomic E-state index is 0.108. The van der Waals surface area contributed by atoms with Gasteiger partial charge in [-0.2, -0.15) is 5.10 Å². The highest BCUT2D eigenvalue weighted by Gasteiger charge is 2.13. The number of nitrogens with one attached hydrogen (secondary N) is 1. The molecule has 2 aromatic rings. The molecule has 0 aliphatic carbocycles. The molecule has 0 amide bonds. The smallest absolute Gasteiger partial charge is 0.184 e. The standard InChI is InChI=1S/C12H12Cl2N4S/c13-5-6-18-10-4-2-1-3-8(10)9(11(18)14)7-16-17-12(15)19/h1-4,7H,5-6H2,(H3,15,17,19)/b16-7-. The van der Waals surface area contributed by atoms with E-state index in [1.807, 2.05) is 28.8 Å². The first-order chi connectivity index (χ1) is 9.15. The Morgan fingerprint density at radius 3 is 2.89 bits per heavy atom. The van der Waals surface area contributed by atoms with Crippen LogP contribution in [0.4, 0.5) is 0 Å². The van der Waals surface area contributed by atoms with E-state index in [9.17, 15) is 0 Å². The number of thiocarbonyl (C=S) groups is 1. The molecule has 2 rings (SSSR count). The molecule has 0 saturated heterocycles. The van der Waals surface area contributed by atoms with Crippen LogP contribution in [0.15, 0.2) is 29.4 Å². The Morgan fingerprint density at radius 1 is 1.47 bits per heavy atom. The Balaban J connectivity index is 2.50. The molecule has 4 nitrogen and oxygen atoms in total. The number of nitrogens with zero attached hydrogens (tertiary/aromatic N) is 2. The van der Waals surface area contributed by atoms with Crippen molar-refractivity contribution in [2.75, 3.05) is 5.88 Å². The molecule has 3 N–H and O–H groups in total. The Labute approximate surface area is 126 Å². The third kappa shape index (κ3) is 3.00. The van der Waals surface area contributed by atoms with Gasteiger partial charge in [-0.15, -0.1) is 11.6 Å². The van der Waals surface area contributed by atoms with Crippen LogP contribution >= 0.6 is 35.4 Å². The summed E-state index contributed by atoms with van der Waals surface area (Å²) >= 11 is 16.9. The van der Waals surface area contributed by atoms with Crippen molar-refractivity contribution < 1.29 is 0 Å². The van der Waals surface area contributed by atoms with Crippen molar-refractivity contribution in [3.63, 3.8) is 0 Å². The molecule has 7 heteroatoms. The van der Waals surface area contributed by atoms with Gasteiger partial charge in [-0.3, -0.25) is 5.43 Å². The quantitative estimate of drug-likeness (QED) is 0.395. The molecule has 0 unspecified atom stereocenters. The maximum Gasteiger partial charge on any atom is 0.184 e. The summed E-state index contributed by atoms with van der Waals surface area (Å²) in [5, 5.41) is 5.66. The monoisotopic (exact) mass is 314 g/mol. The van der Waals surface area contributed by atoms with Gasteiger partial charge in [0.05, 0.1) is 6.21 Å². The number of hydrazone groups is 1. The zero-order chi connectivity index (χ0) is 13.8. The molecule has 0 bridgehead atoms. The lowest BCUT2D eigenvalue weighted by Gasteiger charge is -2.03. The van der Waals surface area contributed by atoms with Gasteiger partial charge in [0.1, 0.15) is 5.15 Å². The van der Waals surface area contributed by atoms with Crippen LogP contribution in [0.2, 0.25) is 5.15 Å². The van der Waals surface area contributed by atoms with Crippen LogP contribution in [-0.4, -0.2) is 21.8 Å². The van der Waals surface area contributed by atoms with Crippen LogP contribution < -0.4 is 11.2 Å². The number of fused-ring (bicyclic) bond motifs is 1. The van der Waals surface area contributed by atoms with E-state index in [1.54, 1.807) is 6.21 Å². The number of aromatic nitrogens is 1. The fourth-order valence-electron chi connectivity index (χ4n) is 1.89. The maximum absolute atomic E-state index is 6.37. The zero-order valence-corrected chi connectivity index (χ0v) is 12.3. The number of para-hydroxylation sites is 1. The third-order valence-corrected chi connectivity index (χ3v) is 3.29. The van der Waals surface area contributed by atoms with Gasteiger partial charge in [-0.25, -0.2) is 0 Å². The lowest BCUT2D eigenvalue weighted by molar-refractivity contribution is 0.804. The summed E-state index contributed by atoms with van der Waals surface area (Å²) in [5.41, 5.74) is 9.65. The van der Waals surface area contributed by atoms with E-state index in [0.717, 1.165) is 16.5 Å². The SMILES string of the molecule is NC(=S)N/N=C\c1c(Cl)n(CCCl)c2ccccc12.